The summed E-state index contributed by atoms with van der Waals surface area (Å²) in [5, 5.41) is 6.27. The van der Waals surface area contributed by atoms with Gasteiger partial charge in [0.2, 0.25) is 5.78 Å². The number of aromatic amines is 1. The predicted molar refractivity (Wildman–Crippen MR) is 83.3 cm³/mol. The molecule has 6 nitrogen and oxygen atoms in total. The number of nitrogens with one attached hydrogen (secondary N) is 1. The van der Waals surface area contributed by atoms with Crippen LogP contribution in [-0.4, -0.2) is 28.6 Å². The molecule has 25 heavy (non-hydrogen) atoms. The van der Waals surface area contributed by atoms with E-state index in [1.165, 1.54) is 12.1 Å². The fourth-order valence-corrected chi connectivity index (χ4v) is 2.26. The number of benzene rings is 2. The summed E-state index contributed by atoms with van der Waals surface area (Å²) in [6.45, 7) is -0.797. The summed E-state index contributed by atoms with van der Waals surface area (Å²) in [7, 11) is 0. The molecule has 0 aliphatic rings. The largest absolute Gasteiger partial charge is 0.452 e. The van der Waals surface area contributed by atoms with Crippen LogP contribution in [0.1, 0.15) is 20.8 Å². The standard InChI is InChI=1S/C17H10F2N2O4/c18-9-5-6-13(19)12(7-9)14(22)8-25-17(24)15-10-3-1-2-4-11(10)16(23)21-20-15/h1-7H,8H2,(H,21,23). The number of esters is 1. The Morgan fingerprint density at radius 1 is 1.08 bits per heavy atom. The van der Waals surface area contributed by atoms with Crippen molar-refractivity contribution in [2.45, 2.75) is 0 Å². The molecule has 3 rings (SSSR count). The number of carbonyl (C=O) groups excluding carboxylic acids is 2. The van der Waals surface area contributed by atoms with E-state index in [4.69, 9.17) is 4.74 Å². The summed E-state index contributed by atoms with van der Waals surface area (Å²) in [4.78, 5) is 35.7. The number of ketones is 1. The van der Waals surface area contributed by atoms with Crippen molar-refractivity contribution in [2.75, 3.05) is 6.61 Å². The van der Waals surface area contributed by atoms with Gasteiger partial charge in [-0.05, 0) is 24.3 Å². The Morgan fingerprint density at radius 2 is 1.80 bits per heavy atom. The number of hydrogen-bond donors (Lipinski definition) is 1. The molecular weight excluding hydrogens is 334 g/mol. The Morgan fingerprint density at radius 3 is 2.56 bits per heavy atom. The third kappa shape index (κ3) is 3.27. The lowest BCUT2D eigenvalue weighted by Crippen LogP contribution is -2.19. The van der Waals surface area contributed by atoms with Crippen LogP contribution in [0, 0.1) is 11.6 Å². The van der Waals surface area contributed by atoms with E-state index in [0.29, 0.717) is 0 Å². The molecule has 0 spiro atoms. The molecule has 0 atom stereocenters. The van der Waals surface area contributed by atoms with Crippen LogP contribution >= 0.6 is 0 Å². The second-order valence-corrected chi connectivity index (χ2v) is 5.07. The van der Waals surface area contributed by atoms with Crippen molar-refractivity contribution in [2.24, 2.45) is 0 Å². The SMILES string of the molecule is O=C(COC(=O)c1n[nH]c(=O)c2ccccc12)c1cc(F)ccc1F. The molecule has 0 saturated heterocycles. The lowest BCUT2D eigenvalue weighted by atomic mass is 10.1. The van der Waals surface area contributed by atoms with Gasteiger partial charge in [-0.15, -0.1) is 0 Å². The average molecular weight is 344 g/mol. The molecule has 0 amide bonds. The number of fused-ring (bicyclic) bond motifs is 1. The van der Waals surface area contributed by atoms with Gasteiger partial charge in [0.25, 0.3) is 5.56 Å². The summed E-state index contributed by atoms with van der Waals surface area (Å²) in [6, 6.07) is 8.62. The van der Waals surface area contributed by atoms with Crippen LogP contribution < -0.4 is 5.56 Å². The van der Waals surface area contributed by atoms with E-state index in [1.54, 1.807) is 12.1 Å². The maximum Gasteiger partial charge on any atom is 0.359 e. The van der Waals surface area contributed by atoms with Crippen molar-refractivity contribution >= 4 is 22.5 Å². The van der Waals surface area contributed by atoms with Gasteiger partial charge in [-0.1, -0.05) is 18.2 Å². The minimum atomic E-state index is -0.974. The second kappa shape index (κ2) is 6.60. The Hall–Kier alpha value is -3.42. The molecule has 0 saturated carbocycles. The summed E-state index contributed by atoms with van der Waals surface area (Å²) < 4.78 is 31.5. The highest BCUT2D eigenvalue weighted by molar-refractivity contribution is 6.04. The van der Waals surface area contributed by atoms with Crippen molar-refractivity contribution in [3.63, 3.8) is 0 Å². The summed E-state index contributed by atoms with van der Waals surface area (Å²) in [5.41, 5.74) is -1.19. The Bertz CT molecular complexity index is 1050. The van der Waals surface area contributed by atoms with E-state index in [2.05, 4.69) is 10.2 Å². The number of halogens is 2. The number of H-pyrrole nitrogens is 1. The summed E-state index contributed by atoms with van der Waals surface area (Å²) >= 11 is 0. The number of nitrogens with zero attached hydrogens (tertiary/aromatic N) is 1. The molecule has 1 heterocycles. The smallest absolute Gasteiger partial charge is 0.359 e. The van der Waals surface area contributed by atoms with Crippen LogP contribution in [-0.2, 0) is 4.74 Å². The summed E-state index contributed by atoms with van der Waals surface area (Å²) in [5.74, 6) is -3.59. The molecule has 0 aliphatic carbocycles. The van der Waals surface area contributed by atoms with Crippen LogP contribution in [0.2, 0.25) is 0 Å². The minimum absolute atomic E-state index is 0.192. The Labute approximate surface area is 139 Å². The Kier molecular flexibility index (Phi) is 4.34. The molecule has 0 radical (unpaired) electrons. The minimum Gasteiger partial charge on any atom is -0.452 e. The van der Waals surface area contributed by atoms with Crippen LogP contribution in [0.15, 0.2) is 47.3 Å². The van der Waals surface area contributed by atoms with Gasteiger partial charge < -0.3 is 4.74 Å². The molecule has 1 N–H and O–H groups in total. The van der Waals surface area contributed by atoms with Gasteiger partial charge in [-0.25, -0.2) is 18.7 Å². The molecule has 1 aromatic heterocycles. The lowest BCUT2D eigenvalue weighted by Gasteiger charge is -2.06. The number of aromatic nitrogens is 2. The van der Waals surface area contributed by atoms with E-state index < -0.39 is 41.1 Å². The maximum atomic E-state index is 13.5. The molecule has 126 valence electrons. The van der Waals surface area contributed by atoms with E-state index in [9.17, 15) is 23.2 Å². The first-order valence-electron chi connectivity index (χ1n) is 7.10. The van der Waals surface area contributed by atoms with Crippen LogP contribution in [0.25, 0.3) is 10.8 Å². The second-order valence-electron chi connectivity index (χ2n) is 5.07. The molecule has 3 aromatic rings. The fourth-order valence-electron chi connectivity index (χ4n) is 2.26. The molecular formula is C17H10F2N2O4. The zero-order chi connectivity index (χ0) is 18.0. The maximum absolute atomic E-state index is 13.5. The Balaban J connectivity index is 1.82. The number of Topliss-reactive ketones (excluding diaryl/α,β-unsaturated/α-hetero) is 1. The van der Waals surface area contributed by atoms with Crippen LogP contribution in [0.3, 0.4) is 0 Å². The number of hydrogen-bond acceptors (Lipinski definition) is 5. The van der Waals surface area contributed by atoms with Crippen LogP contribution in [0.4, 0.5) is 8.78 Å². The molecule has 8 heteroatoms. The topological polar surface area (TPSA) is 89.1 Å². The first kappa shape index (κ1) is 16.4. The van der Waals surface area contributed by atoms with Gasteiger partial charge in [0.15, 0.2) is 12.3 Å². The van der Waals surface area contributed by atoms with Crippen molar-refractivity contribution in [1.82, 2.24) is 10.2 Å². The first-order chi connectivity index (χ1) is 12.0. The van der Waals surface area contributed by atoms with Gasteiger partial charge >= 0.3 is 5.97 Å². The highest BCUT2D eigenvalue weighted by Gasteiger charge is 2.19. The van der Waals surface area contributed by atoms with Crippen molar-refractivity contribution in [1.29, 1.82) is 0 Å². The van der Waals surface area contributed by atoms with Crippen LogP contribution in [0.5, 0.6) is 0 Å². The number of rotatable bonds is 4. The normalized spacial score (nSPS) is 10.6. The summed E-state index contributed by atoms with van der Waals surface area (Å²) in [6.07, 6.45) is 0. The zero-order valence-corrected chi connectivity index (χ0v) is 12.6. The quantitative estimate of drug-likeness (QED) is 0.579. The predicted octanol–water partition coefficient (Wildman–Crippen LogP) is 2.24. The molecule has 0 aliphatic heterocycles. The highest BCUT2D eigenvalue weighted by atomic mass is 19.1. The number of carbonyl (C=O) groups is 2. The monoisotopic (exact) mass is 344 g/mol. The van der Waals surface area contributed by atoms with Crippen molar-refractivity contribution in [3.8, 4) is 0 Å². The fraction of sp³-hybridized carbons (Fsp3) is 0.0588. The number of ether oxygens (including phenoxy) is 1. The third-order valence-corrected chi connectivity index (χ3v) is 3.45. The van der Waals surface area contributed by atoms with E-state index in [-0.39, 0.29) is 16.5 Å². The highest BCUT2D eigenvalue weighted by Crippen LogP contribution is 2.14. The average Bonchev–Trinajstić information content (AvgIpc) is 2.62. The van der Waals surface area contributed by atoms with E-state index in [0.717, 1.165) is 18.2 Å². The van der Waals surface area contributed by atoms with Gasteiger partial charge in [-0.3, -0.25) is 9.59 Å². The van der Waals surface area contributed by atoms with Crippen molar-refractivity contribution in [3.05, 3.63) is 75.7 Å². The van der Waals surface area contributed by atoms with Gasteiger partial charge in [-0.2, -0.15) is 5.10 Å². The lowest BCUT2D eigenvalue weighted by molar-refractivity contribution is 0.0468. The third-order valence-electron chi connectivity index (χ3n) is 3.45. The zero-order valence-electron chi connectivity index (χ0n) is 12.6. The molecule has 0 fully saturated rings. The van der Waals surface area contributed by atoms with E-state index in [1.807, 2.05) is 0 Å². The first-order valence-corrected chi connectivity index (χ1v) is 7.10. The molecule has 2 aromatic carbocycles. The molecule has 0 unspecified atom stereocenters. The van der Waals surface area contributed by atoms with Gasteiger partial charge in [0, 0.05) is 5.39 Å². The van der Waals surface area contributed by atoms with E-state index >= 15 is 0 Å². The van der Waals surface area contributed by atoms with Gasteiger partial charge in [0.1, 0.15) is 11.6 Å². The van der Waals surface area contributed by atoms with Crippen molar-refractivity contribution < 1.29 is 23.1 Å². The van der Waals surface area contributed by atoms with Gasteiger partial charge in [0.05, 0.1) is 10.9 Å². The molecule has 0 bridgehead atoms.